The van der Waals surface area contributed by atoms with Gasteiger partial charge in [0.25, 0.3) is 5.91 Å². The van der Waals surface area contributed by atoms with Crippen molar-refractivity contribution in [1.82, 2.24) is 15.6 Å². The lowest BCUT2D eigenvalue weighted by Gasteiger charge is -2.10. The van der Waals surface area contributed by atoms with E-state index < -0.39 is 18.5 Å². The number of rotatable bonds is 7. The zero-order valence-corrected chi connectivity index (χ0v) is 16.3. The molecule has 3 aromatic rings. The molecule has 0 atom stereocenters. The van der Waals surface area contributed by atoms with E-state index in [-0.39, 0.29) is 23.8 Å². The van der Waals surface area contributed by atoms with Crippen LogP contribution in [0, 0.1) is 0 Å². The predicted octanol–water partition coefficient (Wildman–Crippen LogP) is 2.02. The van der Waals surface area contributed by atoms with Crippen LogP contribution < -0.4 is 10.6 Å². The van der Waals surface area contributed by atoms with E-state index in [1.54, 1.807) is 49.4 Å². The van der Waals surface area contributed by atoms with Crippen LogP contribution in [-0.4, -0.2) is 47.6 Å². The van der Waals surface area contributed by atoms with Gasteiger partial charge in [0, 0.05) is 17.5 Å². The predicted molar refractivity (Wildman–Crippen MR) is 111 cm³/mol. The summed E-state index contributed by atoms with van der Waals surface area (Å²) in [5.41, 5.74) is 2.10. The highest BCUT2D eigenvalue weighted by Gasteiger charge is 2.17. The summed E-state index contributed by atoms with van der Waals surface area (Å²) in [5, 5.41) is 15.0. The van der Waals surface area contributed by atoms with Crippen LogP contribution in [0.3, 0.4) is 0 Å². The molecule has 1 heterocycles. The van der Waals surface area contributed by atoms with E-state index in [4.69, 9.17) is 4.74 Å². The fraction of sp³-hybridized carbons (Fsp3) is 0.182. The average molecular weight is 407 g/mol. The van der Waals surface area contributed by atoms with Gasteiger partial charge in [-0.2, -0.15) is 0 Å². The summed E-state index contributed by atoms with van der Waals surface area (Å²) in [6, 6.07) is 15.1. The van der Waals surface area contributed by atoms with Gasteiger partial charge in [-0.1, -0.05) is 18.2 Å². The van der Waals surface area contributed by atoms with Gasteiger partial charge >= 0.3 is 5.97 Å². The minimum atomic E-state index is -0.679. The number of carbonyl (C=O) groups is 3. The number of hydrogen-bond donors (Lipinski definition) is 3. The van der Waals surface area contributed by atoms with Crippen LogP contribution in [0.15, 0.2) is 54.6 Å². The highest BCUT2D eigenvalue weighted by Crippen LogP contribution is 2.26. The molecule has 0 aliphatic heterocycles. The van der Waals surface area contributed by atoms with E-state index in [1.807, 2.05) is 0 Å². The zero-order chi connectivity index (χ0) is 21.5. The number of pyridine rings is 1. The maximum Gasteiger partial charge on any atom is 0.339 e. The molecule has 2 amide bonds. The summed E-state index contributed by atoms with van der Waals surface area (Å²) in [6.45, 7) is 1.53. The monoisotopic (exact) mass is 407 g/mol. The molecule has 8 heteroatoms. The molecule has 0 bridgehead atoms. The number of carbonyl (C=O) groups excluding carboxylic acids is 3. The molecule has 0 spiro atoms. The number of para-hydroxylation sites is 1. The van der Waals surface area contributed by atoms with Gasteiger partial charge in [0.1, 0.15) is 5.75 Å². The van der Waals surface area contributed by atoms with Gasteiger partial charge in [-0.25, -0.2) is 9.78 Å². The number of amides is 2. The highest BCUT2D eigenvalue weighted by molar-refractivity contribution is 6.05. The number of hydrogen-bond acceptors (Lipinski definition) is 6. The van der Waals surface area contributed by atoms with Crippen molar-refractivity contribution in [2.45, 2.75) is 6.92 Å². The van der Waals surface area contributed by atoms with Gasteiger partial charge in [0.15, 0.2) is 6.61 Å². The van der Waals surface area contributed by atoms with E-state index >= 15 is 0 Å². The first-order valence-corrected chi connectivity index (χ1v) is 9.37. The van der Waals surface area contributed by atoms with Crippen LogP contribution in [0.1, 0.15) is 17.3 Å². The largest absolute Gasteiger partial charge is 0.508 e. The minimum Gasteiger partial charge on any atom is -0.508 e. The Labute approximate surface area is 172 Å². The number of phenolic OH excluding ortho intramolecular Hbond substituents is 1. The third kappa shape index (κ3) is 5.11. The van der Waals surface area contributed by atoms with Gasteiger partial charge in [-0.15, -0.1) is 0 Å². The normalized spacial score (nSPS) is 10.4. The fourth-order valence-electron chi connectivity index (χ4n) is 2.82. The topological polar surface area (TPSA) is 118 Å². The molecule has 0 saturated carbocycles. The average Bonchev–Trinajstić information content (AvgIpc) is 2.76. The van der Waals surface area contributed by atoms with Crippen molar-refractivity contribution in [2.75, 3.05) is 19.7 Å². The Morgan fingerprint density at radius 3 is 2.47 bits per heavy atom. The van der Waals surface area contributed by atoms with E-state index in [9.17, 15) is 19.5 Å². The molecule has 0 radical (unpaired) electrons. The summed E-state index contributed by atoms with van der Waals surface area (Å²) < 4.78 is 5.15. The second-order valence-electron chi connectivity index (χ2n) is 6.43. The van der Waals surface area contributed by atoms with Gasteiger partial charge in [-0.05, 0) is 43.3 Å². The van der Waals surface area contributed by atoms with Crippen molar-refractivity contribution in [1.29, 1.82) is 0 Å². The lowest BCUT2D eigenvalue weighted by Crippen LogP contribution is -2.38. The molecule has 2 aromatic carbocycles. The molecule has 0 saturated heterocycles. The number of nitrogens with zero attached hydrogens (tertiary/aromatic N) is 1. The first-order chi connectivity index (χ1) is 14.5. The molecule has 0 aliphatic carbocycles. The van der Waals surface area contributed by atoms with Crippen molar-refractivity contribution in [2.24, 2.45) is 0 Å². The summed E-state index contributed by atoms with van der Waals surface area (Å²) >= 11 is 0. The van der Waals surface area contributed by atoms with Crippen LogP contribution in [0.25, 0.3) is 22.2 Å². The Kier molecular flexibility index (Phi) is 6.59. The number of likely N-dealkylation sites (N-methyl/N-ethyl adjacent to an activating group) is 1. The lowest BCUT2D eigenvalue weighted by atomic mass is 10.0. The SMILES string of the molecule is CCNC(=O)CNC(=O)COC(=O)c1cc(-c2ccc(O)cc2)nc2ccccc12. The second-order valence-corrected chi connectivity index (χ2v) is 6.43. The van der Waals surface area contributed by atoms with Crippen molar-refractivity contribution in [3.8, 4) is 17.0 Å². The molecule has 154 valence electrons. The molecule has 30 heavy (non-hydrogen) atoms. The quantitative estimate of drug-likeness (QED) is 0.516. The molecule has 0 fully saturated rings. The Morgan fingerprint density at radius 1 is 1.00 bits per heavy atom. The molecule has 0 aliphatic rings. The standard InChI is InChI=1S/C22H21N3O5/c1-2-23-20(27)12-24-21(28)13-30-22(29)17-11-19(14-7-9-15(26)10-8-14)25-18-6-4-3-5-16(17)18/h3-11,26H,2,12-13H2,1H3,(H,23,27)(H,24,28). The number of aromatic hydroxyl groups is 1. The first kappa shape index (κ1) is 20.8. The van der Waals surface area contributed by atoms with E-state index in [1.165, 1.54) is 12.1 Å². The molecule has 1 aromatic heterocycles. The Bertz CT molecular complexity index is 1080. The van der Waals surface area contributed by atoms with E-state index in [0.717, 1.165) is 0 Å². The van der Waals surface area contributed by atoms with Crippen molar-refractivity contribution < 1.29 is 24.2 Å². The van der Waals surface area contributed by atoms with Crippen LogP contribution in [0.4, 0.5) is 0 Å². The smallest absolute Gasteiger partial charge is 0.339 e. The van der Waals surface area contributed by atoms with Crippen molar-refractivity contribution in [3.05, 3.63) is 60.2 Å². The van der Waals surface area contributed by atoms with E-state index in [0.29, 0.717) is 28.7 Å². The number of benzene rings is 2. The second kappa shape index (κ2) is 9.51. The molecule has 3 N–H and O–H groups in total. The summed E-state index contributed by atoms with van der Waals surface area (Å²) in [6.07, 6.45) is 0. The minimum absolute atomic E-state index is 0.123. The van der Waals surface area contributed by atoms with Crippen LogP contribution >= 0.6 is 0 Å². The Balaban J connectivity index is 1.78. The fourth-order valence-corrected chi connectivity index (χ4v) is 2.82. The van der Waals surface area contributed by atoms with Crippen molar-refractivity contribution in [3.63, 3.8) is 0 Å². The molecule has 3 rings (SSSR count). The van der Waals surface area contributed by atoms with Crippen molar-refractivity contribution >= 4 is 28.7 Å². The molecular formula is C22H21N3O5. The van der Waals surface area contributed by atoms with Crippen LogP contribution in [-0.2, 0) is 14.3 Å². The number of nitrogens with one attached hydrogen (secondary N) is 2. The van der Waals surface area contributed by atoms with Gasteiger partial charge in [-0.3, -0.25) is 9.59 Å². The van der Waals surface area contributed by atoms with Crippen LogP contribution in [0.2, 0.25) is 0 Å². The number of ether oxygens (including phenoxy) is 1. The van der Waals surface area contributed by atoms with Gasteiger partial charge in [0.05, 0.1) is 23.3 Å². The third-order valence-corrected chi connectivity index (χ3v) is 4.25. The highest BCUT2D eigenvalue weighted by atomic mass is 16.5. The maximum atomic E-state index is 12.7. The number of fused-ring (bicyclic) bond motifs is 1. The zero-order valence-electron chi connectivity index (χ0n) is 16.3. The first-order valence-electron chi connectivity index (χ1n) is 9.37. The summed E-state index contributed by atoms with van der Waals surface area (Å²) in [5.74, 6) is -1.46. The molecule has 0 unspecified atom stereocenters. The Morgan fingerprint density at radius 2 is 1.73 bits per heavy atom. The number of phenols is 1. The van der Waals surface area contributed by atoms with Gasteiger partial charge in [0.2, 0.25) is 5.91 Å². The Hall–Kier alpha value is -3.94. The molecular weight excluding hydrogens is 386 g/mol. The summed E-state index contributed by atoms with van der Waals surface area (Å²) in [4.78, 5) is 40.5. The van der Waals surface area contributed by atoms with Gasteiger partial charge < -0.3 is 20.5 Å². The number of aromatic nitrogens is 1. The lowest BCUT2D eigenvalue weighted by molar-refractivity contribution is -0.127. The number of esters is 1. The van der Waals surface area contributed by atoms with Crippen LogP contribution in [0.5, 0.6) is 5.75 Å². The van der Waals surface area contributed by atoms with E-state index in [2.05, 4.69) is 15.6 Å². The molecule has 8 nitrogen and oxygen atoms in total. The third-order valence-electron chi connectivity index (χ3n) is 4.25. The maximum absolute atomic E-state index is 12.7. The summed E-state index contributed by atoms with van der Waals surface area (Å²) in [7, 11) is 0.